The number of hydrogen-bond donors (Lipinski definition) is 1. The maximum atomic E-state index is 12.6. The molecule has 0 saturated carbocycles. The van der Waals surface area contributed by atoms with E-state index < -0.39 is 0 Å². The van der Waals surface area contributed by atoms with E-state index >= 15 is 0 Å². The maximum absolute atomic E-state index is 12.6. The second-order valence-electron chi connectivity index (χ2n) is 6.60. The van der Waals surface area contributed by atoms with Crippen LogP contribution in [-0.2, 0) is 0 Å². The zero-order chi connectivity index (χ0) is 18.1. The molecule has 0 fully saturated rings. The number of nitrogens with one attached hydrogen (secondary N) is 1. The van der Waals surface area contributed by atoms with Crippen molar-refractivity contribution in [2.24, 2.45) is 5.92 Å². The van der Waals surface area contributed by atoms with E-state index in [-0.39, 0.29) is 17.7 Å². The van der Waals surface area contributed by atoms with Gasteiger partial charge in [-0.15, -0.1) is 0 Å². The lowest BCUT2D eigenvalue weighted by molar-refractivity contribution is 0.0922. The molecular weight excluding hydrogens is 316 g/mol. The van der Waals surface area contributed by atoms with Crippen molar-refractivity contribution in [1.29, 1.82) is 0 Å². The van der Waals surface area contributed by atoms with Gasteiger partial charge in [0.15, 0.2) is 0 Å². The van der Waals surface area contributed by atoms with Crippen LogP contribution in [0, 0.1) is 12.8 Å². The molecule has 1 aliphatic rings. The van der Waals surface area contributed by atoms with Crippen LogP contribution in [0.5, 0.6) is 0 Å². The molecule has 1 heterocycles. The van der Waals surface area contributed by atoms with E-state index in [0.717, 1.165) is 0 Å². The van der Waals surface area contributed by atoms with Gasteiger partial charge in [0.05, 0.1) is 16.8 Å². The minimum Gasteiger partial charge on any atom is -0.352 e. The molecule has 0 unspecified atom stereocenters. The molecule has 3 rings (SSSR count). The summed E-state index contributed by atoms with van der Waals surface area (Å²) in [5, 5.41) is 2.86. The molecule has 25 heavy (non-hydrogen) atoms. The summed E-state index contributed by atoms with van der Waals surface area (Å²) in [6, 6.07) is 11.8. The van der Waals surface area contributed by atoms with Crippen molar-refractivity contribution < 1.29 is 14.4 Å². The van der Waals surface area contributed by atoms with Crippen LogP contribution in [0.4, 0.5) is 5.69 Å². The summed E-state index contributed by atoms with van der Waals surface area (Å²) in [4.78, 5) is 38.5. The zero-order valence-electron chi connectivity index (χ0n) is 14.5. The number of nitrogens with zero attached hydrogens (tertiary/aromatic N) is 1. The van der Waals surface area contributed by atoms with Crippen LogP contribution in [0.25, 0.3) is 0 Å². The Morgan fingerprint density at radius 2 is 1.64 bits per heavy atom. The fraction of sp³-hybridized carbons (Fsp3) is 0.250. The molecule has 0 aromatic heterocycles. The van der Waals surface area contributed by atoms with Crippen LogP contribution in [0.1, 0.15) is 50.5 Å². The fourth-order valence-corrected chi connectivity index (χ4v) is 2.85. The van der Waals surface area contributed by atoms with E-state index in [4.69, 9.17) is 0 Å². The first kappa shape index (κ1) is 16.9. The van der Waals surface area contributed by atoms with Crippen molar-refractivity contribution in [3.63, 3.8) is 0 Å². The van der Waals surface area contributed by atoms with Gasteiger partial charge in [-0.05, 0) is 48.7 Å². The molecule has 5 nitrogen and oxygen atoms in total. The standard InChI is InChI=1S/C20H20N2O3/c1-12(2)11-21-18(23)14-8-9-17(13(3)10-14)22-19(24)15-6-4-5-7-16(15)20(22)25/h4-10,12H,11H2,1-3H3,(H,21,23). The number of rotatable bonds is 4. The zero-order valence-corrected chi connectivity index (χ0v) is 14.5. The van der Waals surface area contributed by atoms with E-state index in [1.807, 2.05) is 13.8 Å². The third-order valence-electron chi connectivity index (χ3n) is 4.16. The first-order chi connectivity index (χ1) is 11.9. The summed E-state index contributed by atoms with van der Waals surface area (Å²) in [5.41, 5.74) is 2.54. The van der Waals surface area contributed by atoms with Crippen LogP contribution in [0.15, 0.2) is 42.5 Å². The number of hydrogen-bond acceptors (Lipinski definition) is 3. The van der Waals surface area contributed by atoms with Gasteiger partial charge >= 0.3 is 0 Å². The molecule has 3 amide bonds. The van der Waals surface area contributed by atoms with Crippen LogP contribution >= 0.6 is 0 Å². The van der Waals surface area contributed by atoms with E-state index in [2.05, 4.69) is 5.32 Å². The van der Waals surface area contributed by atoms with Gasteiger partial charge < -0.3 is 5.32 Å². The maximum Gasteiger partial charge on any atom is 0.266 e. The van der Waals surface area contributed by atoms with E-state index in [1.54, 1.807) is 49.4 Å². The first-order valence-corrected chi connectivity index (χ1v) is 8.27. The molecule has 2 aromatic carbocycles. The van der Waals surface area contributed by atoms with Gasteiger partial charge in [-0.25, -0.2) is 4.90 Å². The minimum atomic E-state index is -0.333. The lowest BCUT2D eigenvalue weighted by Gasteiger charge is -2.17. The van der Waals surface area contributed by atoms with Gasteiger partial charge in [0.1, 0.15) is 0 Å². The summed E-state index contributed by atoms with van der Waals surface area (Å²) in [6.45, 7) is 6.43. The Balaban J connectivity index is 1.89. The lowest BCUT2D eigenvalue weighted by atomic mass is 10.1. The highest BCUT2D eigenvalue weighted by Gasteiger charge is 2.36. The summed E-state index contributed by atoms with van der Waals surface area (Å²) in [6.07, 6.45) is 0. The summed E-state index contributed by atoms with van der Waals surface area (Å²) >= 11 is 0. The molecule has 128 valence electrons. The SMILES string of the molecule is Cc1cc(C(=O)NCC(C)C)ccc1N1C(=O)c2ccccc2C1=O. The Labute approximate surface area is 146 Å². The highest BCUT2D eigenvalue weighted by molar-refractivity contribution is 6.34. The minimum absolute atomic E-state index is 0.161. The van der Waals surface area contributed by atoms with E-state index in [0.29, 0.717) is 40.4 Å². The first-order valence-electron chi connectivity index (χ1n) is 8.27. The topological polar surface area (TPSA) is 66.5 Å². The van der Waals surface area contributed by atoms with E-state index in [9.17, 15) is 14.4 Å². The number of amides is 3. The monoisotopic (exact) mass is 336 g/mol. The van der Waals surface area contributed by atoms with Crippen LogP contribution in [-0.4, -0.2) is 24.3 Å². The van der Waals surface area contributed by atoms with Crippen molar-refractivity contribution in [2.45, 2.75) is 20.8 Å². The molecular formula is C20H20N2O3. The van der Waals surface area contributed by atoms with Gasteiger partial charge in [0, 0.05) is 12.1 Å². The Kier molecular flexibility index (Phi) is 4.40. The van der Waals surface area contributed by atoms with Gasteiger partial charge in [0.25, 0.3) is 17.7 Å². The van der Waals surface area contributed by atoms with Gasteiger partial charge in [0.2, 0.25) is 0 Å². The van der Waals surface area contributed by atoms with E-state index in [1.165, 1.54) is 4.90 Å². The summed E-state index contributed by atoms with van der Waals surface area (Å²) in [5.74, 6) is -0.463. The Morgan fingerprint density at radius 3 is 2.16 bits per heavy atom. The highest BCUT2D eigenvalue weighted by atomic mass is 16.2. The molecule has 0 atom stereocenters. The number of imide groups is 1. The number of carbonyl (C=O) groups is 3. The largest absolute Gasteiger partial charge is 0.352 e. The Bertz CT molecular complexity index is 836. The third kappa shape index (κ3) is 3.05. The molecule has 0 spiro atoms. The lowest BCUT2D eigenvalue weighted by Crippen LogP contribution is -2.30. The van der Waals surface area contributed by atoms with Crippen molar-refractivity contribution in [1.82, 2.24) is 5.32 Å². The van der Waals surface area contributed by atoms with Crippen LogP contribution in [0.2, 0.25) is 0 Å². The number of benzene rings is 2. The molecule has 0 saturated heterocycles. The Morgan fingerprint density at radius 1 is 1.04 bits per heavy atom. The molecule has 2 aromatic rings. The van der Waals surface area contributed by atoms with Gasteiger partial charge in [-0.3, -0.25) is 14.4 Å². The fourth-order valence-electron chi connectivity index (χ4n) is 2.85. The second-order valence-corrected chi connectivity index (χ2v) is 6.60. The number of aryl methyl sites for hydroxylation is 1. The van der Waals surface area contributed by atoms with Crippen molar-refractivity contribution in [3.05, 3.63) is 64.7 Å². The average molecular weight is 336 g/mol. The van der Waals surface area contributed by atoms with Crippen molar-refractivity contribution >= 4 is 23.4 Å². The predicted octanol–water partition coefficient (Wildman–Crippen LogP) is 3.18. The molecule has 5 heteroatoms. The molecule has 0 aliphatic carbocycles. The average Bonchev–Trinajstić information content (AvgIpc) is 2.84. The predicted molar refractivity (Wildman–Crippen MR) is 95.9 cm³/mol. The van der Waals surface area contributed by atoms with Gasteiger partial charge in [-0.2, -0.15) is 0 Å². The second kappa shape index (κ2) is 6.51. The molecule has 1 aliphatic heterocycles. The highest BCUT2D eigenvalue weighted by Crippen LogP contribution is 2.30. The number of fused-ring (bicyclic) bond motifs is 1. The van der Waals surface area contributed by atoms with Crippen molar-refractivity contribution in [2.75, 3.05) is 11.4 Å². The molecule has 0 radical (unpaired) electrons. The quantitative estimate of drug-likeness (QED) is 0.872. The molecule has 1 N–H and O–H groups in total. The van der Waals surface area contributed by atoms with Crippen molar-refractivity contribution in [3.8, 4) is 0 Å². The normalized spacial score (nSPS) is 13.4. The summed E-state index contributed by atoms with van der Waals surface area (Å²) in [7, 11) is 0. The van der Waals surface area contributed by atoms with Gasteiger partial charge in [-0.1, -0.05) is 26.0 Å². The van der Waals surface area contributed by atoms with Crippen LogP contribution < -0.4 is 10.2 Å². The van der Waals surface area contributed by atoms with Crippen LogP contribution in [0.3, 0.4) is 0 Å². The number of carbonyl (C=O) groups excluding carboxylic acids is 3. The molecule has 0 bridgehead atoms. The summed E-state index contributed by atoms with van der Waals surface area (Å²) < 4.78 is 0. The number of anilines is 1. The Hall–Kier alpha value is -2.95. The third-order valence-corrected chi connectivity index (χ3v) is 4.16. The smallest absolute Gasteiger partial charge is 0.266 e.